The van der Waals surface area contributed by atoms with Gasteiger partial charge in [0.2, 0.25) is 5.89 Å². The van der Waals surface area contributed by atoms with E-state index in [4.69, 9.17) is 14.9 Å². The molecule has 0 fully saturated rings. The van der Waals surface area contributed by atoms with Crippen LogP contribution in [0.3, 0.4) is 0 Å². The maximum atomic E-state index is 5.80. The average Bonchev–Trinajstić information content (AvgIpc) is 2.96. The number of nitrogens with two attached hydrogens (primary N) is 1. The molecule has 0 saturated carbocycles. The van der Waals surface area contributed by atoms with Crippen LogP contribution in [0.1, 0.15) is 5.89 Å². The highest BCUT2D eigenvalue weighted by atomic mass is 79.9. The first-order chi connectivity index (χ1) is 10.2. The van der Waals surface area contributed by atoms with Crippen LogP contribution in [-0.4, -0.2) is 10.2 Å². The molecule has 0 amide bonds. The van der Waals surface area contributed by atoms with Gasteiger partial charge in [-0.05, 0) is 36.4 Å². The lowest BCUT2D eigenvalue weighted by Crippen LogP contribution is -1.98. The SMILES string of the molecule is Nc1ccccc1OCc1nnc(-c2ccc(Br)cc2)o1. The molecule has 0 aliphatic rings. The number of aromatic nitrogens is 2. The molecule has 0 atom stereocenters. The van der Waals surface area contributed by atoms with Crippen molar-refractivity contribution in [2.24, 2.45) is 0 Å². The minimum absolute atomic E-state index is 0.178. The van der Waals surface area contributed by atoms with E-state index in [0.29, 0.717) is 23.2 Å². The lowest BCUT2D eigenvalue weighted by molar-refractivity contribution is 0.266. The molecule has 2 aromatic carbocycles. The summed E-state index contributed by atoms with van der Waals surface area (Å²) in [5.41, 5.74) is 7.23. The maximum Gasteiger partial charge on any atom is 0.254 e. The Morgan fingerprint density at radius 2 is 1.81 bits per heavy atom. The third-order valence-electron chi connectivity index (χ3n) is 2.83. The number of para-hydroxylation sites is 2. The predicted molar refractivity (Wildman–Crippen MR) is 82.6 cm³/mol. The van der Waals surface area contributed by atoms with Crippen molar-refractivity contribution in [3.63, 3.8) is 0 Å². The van der Waals surface area contributed by atoms with Crippen LogP contribution in [0.4, 0.5) is 5.69 Å². The van der Waals surface area contributed by atoms with Gasteiger partial charge in [0.25, 0.3) is 5.89 Å². The fourth-order valence-electron chi connectivity index (χ4n) is 1.77. The molecule has 2 N–H and O–H groups in total. The Morgan fingerprint density at radius 1 is 1.05 bits per heavy atom. The van der Waals surface area contributed by atoms with Gasteiger partial charge in [0.15, 0.2) is 6.61 Å². The number of ether oxygens (including phenoxy) is 1. The van der Waals surface area contributed by atoms with Gasteiger partial charge in [-0.2, -0.15) is 0 Å². The van der Waals surface area contributed by atoms with Gasteiger partial charge in [0.1, 0.15) is 5.75 Å². The number of rotatable bonds is 4. The molecule has 3 rings (SSSR count). The van der Waals surface area contributed by atoms with Crippen LogP contribution < -0.4 is 10.5 Å². The van der Waals surface area contributed by atoms with Crippen molar-refractivity contribution in [2.45, 2.75) is 6.61 Å². The highest BCUT2D eigenvalue weighted by Crippen LogP contribution is 2.23. The minimum Gasteiger partial charge on any atom is -0.482 e. The largest absolute Gasteiger partial charge is 0.482 e. The Bertz CT molecular complexity index is 741. The van der Waals surface area contributed by atoms with Crippen LogP contribution in [0.5, 0.6) is 5.75 Å². The first-order valence-corrected chi connectivity index (χ1v) is 7.07. The van der Waals surface area contributed by atoms with Crippen molar-refractivity contribution >= 4 is 21.6 Å². The summed E-state index contributed by atoms with van der Waals surface area (Å²) in [6.07, 6.45) is 0. The Balaban J connectivity index is 1.71. The number of halogens is 1. The van der Waals surface area contributed by atoms with E-state index in [1.54, 1.807) is 12.1 Å². The van der Waals surface area contributed by atoms with E-state index in [-0.39, 0.29) is 6.61 Å². The zero-order valence-corrected chi connectivity index (χ0v) is 12.6. The molecular formula is C15H12BrN3O2. The molecule has 0 spiro atoms. The number of nitrogens with zero attached hydrogens (tertiary/aromatic N) is 2. The molecule has 0 radical (unpaired) electrons. The summed E-state index contributed by atoms with van der Waals surface area (Å²) in [7, 11) is 0. The first kappa shape index (κ1) is 13.6. The summed E-state index contributed by atoms with van der Waals surface area (Å²) in [5.74, 6) is 1.46. The molecule has 1 heterocycles. The first-order valence-electron chi connectivity index (χ1n) is 6.28. The fourth-order valence-corrected chi connectivity index (χ4v) is 2.04. The lowest BCUT2D eigenvalue weighted by atomic mass is 10.2. The molecule has 0 bridgehead atoms. The standard InChI is InChI=1S/C15H12BrN3O2/c16-11-7-5-10(6-8-11)15-19-18-14(21-15)9-20-13-4-2-1-3-12(13)17/h1-8H,9,17H2. The predicted octanol–water partition coefficient (Wildman–Crippen LogP) is 3.66. The smallest absolute Gasteiger partial charge is 0.254 e. The normalized spacial score (nSPS) is 10.5. The molecule has 0 unspecified atom stereocenters. The van der Waals surface area contributed by atoms with Crippen LogP contribution in [0.2, 0.25) is 0 Å². The second kappa shape index (κ2) is 5.97. The lowest BCUT2D eigenvalue weighted by Gasteiger charge is -2.05. The highest BCUT2D eigenvalue weighted by molar-refractivity contribution is 9.10. The Hall–Kier alpha value is -2.34. The van der Waals surface area contributed by atoms with Crippen LogP contribution in [0.25, 0.3) is 11.5 Å². The number of hydrogen-bond donors (Lipinski definition) is 1. The van der Waals surface area contributed by atoms with Gasteiger partial charge in [-0.3, -0.25) is 0 Å². The molecule has 0 saturated heterocycles. The summed E-state index contributed by atoms with van der Waals surface area (Å²) in [5, 5.41) is 7.97. The third-order valence-corrected chi connectivity index (χ3v) is 3.36. The summed E-state index contributed by atoms with van der Waals surface area (Å²) in [6.45, 7) is 0.178. The second-order valence-electron chi connectivity index (χ2n) is 4.33. The monoisotopic (exact) mass is 345 g/mol. The molecule has 106 valence electrons. The Morgan fingerprint density at radius 3 is 2.57 bits per heavy atom. The molecular weight excluding hydrogens is 334 g/mol. The summed E-state index contributed by atoms with van der Waals surface area (Å²) in [4.78, 5) is 0. The van der Waals surface area contributed by atoms with Crippen molar-refractivity contribution in [1.82, 2.24) is 10.2 Å². The van der Waals surface area contributed by atoms with Crippen molar-refractivity contribution in [2.75, 3.05) is 5.73 Å². The van der Waals surface area contributed by atoms with E-state index in [1.807, 2.05) is 36.4 Å². The van der Waals surface area contributed by atoms with E-state index in [2.05, 4.69) is 26.1 Å². The molecule has 0 aliphatic carbocycles. The van der Waals surface area contributed by atoms with Gasteiger partial charge in [-0.15, -0.1) is 10.2 Å². The number of benzene rings is 2. The summed E-state index contributed by atoms with van der Waals surface area (Å²) in [6, 6.07) is 14.9. The van der Waals surface area contributed by atoms with Gasteiger partial charge >= 0.3 is 0 Å². The minimum atomic E-state index is 0.178. The number of anilines is 1. The highest BCUT2D eigenvalue weighted by Gasteiger charge is 2.09. The van der Waals surface area contributed by atoms with E-state index < -0.39 is 0 Å². The summed E-state index contributed by atoms with van der Waals surface area (Å²) < 4.78 is 12.1. The van der Waals surface area contributed by atoms with Gasteiger partial charge in [0.05, 0.1) is 5.69 Å². The van der Waals surface area contributed by atoms with Crippen molar-refractivity contribution in [1.29, 1.82) is 0 Å². The van der Waals surface area contributed by atoms with E-state index in [0.717, 1.165) is 10.0 Å². The van der Waals surface area contributed by atoms with Crippen LogP contribution in [0.15, 0.2) is 57.4 Å². The van der Waals surface area contributed by atoms with E-state index in [1.165, 1.54) is 0 Å². The third kappa shape index (κ3) is 3.22. The zero-order chi connectivity index (χ0) is 14.7. The van der Waals surface area contributed by atoms with Gasteiger partial charge in [-0.25, -0.2) is 0 Å². The van der Waals surface area contributed by atoms with Crippen LogP contribution >= 0.6 is 15.9 Å². The van der Waals surface area contributed by atoms with E-state index >= 15 is 0 Å². The fraction of sp³-hybridized carbons (Fsp3) is 0.0667. The molecule has 0 aliphatic heterocycles. The summed E-state index contributed by atoms with van der Waals surface area (Å²) >= 11 is 3.38. The topological polar surface area (TPSA) is 74.2 Å². The molecule has 6 heteroatoms. The molecule has 5 nitrogen and oxygen atoms in total. The van der Waals surface area contributed by atoms with Crippen molar-refractivity contribution in [3.05, 3.63) is 58.9 Å². The molecule has 3 aromatic rings. The van der Waals surface area contributed by atoms with Gasteiger partial charge in [0, 0.05) is 10.0 Å². The van der Waals surface area contributed by atoms with Crippen LogP contribution in [0, 0.1) is 0 Å². The second-order valence-corrected chi connectivity index (χ2v) is 5.25. The van der Waals surface area contributed by atoms with E-state index in [9.17, 15) is 0 Å². The number of nitrogen functional groups attached to an aromatic ring is 1. The van der Waals surface area contributed by atoms with Crippen molar-refractivity contribution < 1.29 is 9.15 Å². The van der Waals surface area contributed by atoms with Gasteiger partial charge < -0.3 is 14.9 Å². The van der Waals surface area contributed by atoms with Crippen LogP contribution in [-0.2, 0) is 6.61 Å². The molecule has 1 aromatic heterocycles. The zero-order valence-electron chi connectivity index (χ0n) is 11.0. The van der Waals surface area contributed by atoms with Gasteiger partial charge in [-0.1, -0.05) is 28.1 Å². The Labute approximate surface area is 129 Å². The number of hydrogen-bond acceptors (Lipinski definition) is 5. The maximum absolute atomic E-state index is 5.80. The Kier molecular flexibility index (Phi) is 3.87. The van der Waals surface area contributed by atoms with Crippen molar-refractivity contribution in [3.8, 4) is 17.2 Å². The quantitative estimate of drug-likeness (QED) is 0.730. The average molecular weight is 346 g/mol. The molecule has 21 heavy (non-hydrogen) atoms.